The summed E-state index contributed by atoms with van der Waals surface area (Å²) in [6.45, 7) is 1.11. The molecule has 0 heterocycles. The van der Waals surface area contributed by atoms with Gasteiger partial charge in [-0.25, -0.2) is 8.78 Å². The first kappa shape index (κ1) is 13.5. The number of phenols is 1. The molecule has 2 nitrogen and oxygen atoms in total. The van der Waals surface area contributed by atoms with Crippen LogP contribution in [0.4, 0.5) is 8.78 Å². The van der Waals surface area contributed by atoms with Crippen molar-refractivity contribution in [3.05, 3.63) is 29.3 Å². The number of phenolic OH excluding ortho intramolecular Hbond substituents is 1. The van der Waals surface area contributed by atoms with E-state index in [2.05, 4.69) is 11.2 Å². The summed E-state index contributed by atoms with van der Waals surface area (Å²) in [4.78, 5) is 0. The molecule has 0 aliphatic carbocycles. The Morgan fingerprint density at radius 1 is 1.24 bits per heavy atom. The summed E-state index contributed by atoms with van der Waals surface area (Å²) in [6, 6.07) is 2.24. The van der Waals surface area contributed by atoms with E-state index in [-0.39, 0.29) is 0 Å². The van der Waals surface area contributed by atoms with E-state index in [1.807, 2.05) is 0 Å². The van der Waals surface area contributed by atoms with Gasteiger partial charge < -0.3 is 10.4 Å². The van der Waals surface area contributed by atoms with Crippen LogP contribution in [-0.2, 0) is 6.54 Å². The van der Waals surface area contributed by atoms with Crippen LogP contribution in [0, 0.1) is 24.0 Å². The van der Waals surface area contributed by atoms with Gasteiger partial charge in [0.2, 0.25) is 0 Å². The van der Waals surface area contributed by atoms with Crippen LogP contribution >= 0.6 is 0 Å². The molecule has 1 aromatic rings. The Morgan fingerprint density at radius 3 is 2.47 bits per heavy atom. The zero-order chi connectivity index (χ0) is 12.7. The van der Waals surface area contributed by atoms with Crippen molar-refractivity contribution >= 4 is 0 Å². The first-order valence-corrected chi connectivity index (χ1v) is 5.46. The molecule has 92 valence electrons. The van der Waals surface area contributed by atoms with Gasteiger partial charge in [-0.1, -0.05) is 0 Å². The molecular weight excluding hydrogens is 224 g/mol. The van der Waals surface area contributed by atoms with Crippen LogP contribution in [-0.4, -0.2) is 11.7 Å². The van der Waals surface area contributed by atoms with Crippen molar-refractivity contribution in [3.63, 3.8) is 0 Å². The topological polar surface area (TPSA) is 32.3 Å². The van der Waals surface area contributed by atoms with E-state index in [9.17, 15) is 8.78 Å². The van der Waals surface area contributed by atoms with Gasteiger partial charge in [0.05, 0.1) is 0 Å². The van der Waals surface area contributed by atoms with E-state index < -0.39 is 17.4 Å². The van der Waals surface area contributed by atoms with Gasteiger partial charge in [0.15, 0.2) is 17.4 Å². The summed E-state index contributed by atoms with van der Waals surface area (Å²) in [5.74, 6) is -0.257. The van der Waals surface area contributed by atoms with E-state index in [0.29, 0.717) is 12.1 Å². The average molecular weight is 239 g/mol. The number of hydrogen-bond donors (Lipinski definition) is 2. The number of terminal acetylenes is 1. The summed E-state index contributed by atoms with van der Waals surface area (Å²) < 4.78 is 26.0. The fourth-order valence-electron chi connectivity index (χ4n) is 1.43. The fourth-order valence-corrected chi connectivity index (χ4v) is 1.43. The molecule has 0 aliphatic heterocycles. The maximum absolute atomic E-state index is 13.0. The second kappa shape index (κ2) is 6.87. The van der Waals surface area contributed by atoms with Crippen LogP contribution in [0.3, 0.4) is 0 Å². The quantitative estimate of drug-likeness (QED) is 0.590. The molecule has 17 heavy (non-hydrogen) atoms. The first-order chi connectivity index (χ1) is 8.15. The van der Waals surface area contributed by atoms with Gasteiger partial charge in [-0.2, -0.15) is 0 Å². The molecule has 4 heteroatoms. The Labute approximate surface area is 99.7 Å². The summed E-state index contributed by atoms with van der Waals surface area (Å²) >= 11 is 0. The molecule has 0 atom stereocenters. The predicted molar refractivity (Wildman–Crippen MR) is 62.4 cm³/mol. The van der Waals surface area contributed by atoms with Crippen molar-refractivity contribution in [2.45, 2.75) is 25.8 Å². The highest BCUT2D eigenvalue weighted by Gasteiger charge is 2.08. The standard InChI is InChI=1S/C13H15F2NO/c1-2-3-4-5-6-16-9-10-7-11(14)13(17)12(15)8-10/h1,7-8,16-17H,3-6,9H2. The van der Waals surface area contributed by atoms with Gasteiger partial charge in [0, 0.05) is 13.0 Å². The zero-order valence-corrected chi connectivity index (χ0v) is 9.47. The van der Waals surface area contributed by atoms with Crippen LogP contribution in [0.15, 0.2) is 12.1 Å². The summed E-state index contributed by atoms with van der Waals surface area (Å²) in [5, 5.41) is 12.0. The number of hydrogen-bond acceptors (Lipinski definition) is 2. The Kier molecular flexibility index (Phi) is 5.44. The fraction of sp³-hybridized carbons (Fsp3) is 0.385. The third kappa shape index (κ3) is 4.41. The van der Waals surface area contributed by atoms with Gasteiger partial charge >= 0.3 is 0 Å². The molecule has 0 aromatic heterocycles. The molecule has 0 saturated heterocycles. The lowest BCUT2D eigenvalue weighted by atomic mass is 10.2. The maximum atomic E-state index is 13.0. The van der Waals surface area contributed by atoms with E-state index in [1.165, 1.54) is 0 Å². The Bertz CT molecular complexity index is 389. The second-order valence-electron chi connectivity index (χ2n) is 3.75. The highest BCUT2D eigenvalue weighted by molar-refractivity contribution is 5.29. The van der Waals surface area contributed by atoms with E-state index in [0.717, 1.165) is 37.9 Å². The zero-order valence-electron chi connectivity index (χ0n) is 9.47. The van der Waals surface area contributed by atoms with Crippen molar-refractivity contribution in [3.8, 4) is 18.1 Å². The van der Waals surface area contributed by atoms with E-state index in [1.54, 1.807) is 0 Å². The SMILES string of the molecule is C#CCCCCNCc1cc(F)c(O)c(F)c1. The summed E-state index contributed by atoms with van der Waals surface area (Å²) in [6.07, 6.45) is 7.70. The van der Waals surface area contributed by atoms with Crippen molar-refractivity contribution in [1.29, 1.82) is 0 Å². The minimum Gasteiger partial charge on any atom is -0.503 e. The largest absolute Gasteiger partial charge is 0.503 e. The third-order valence-corrected chi connectivity index (χ3v) is 2.33. The molecule has 0 fully saturated rings. The molecule has 0 bridgehead atoms. The smallest absolute Gasteiger partial charge is 0.187 e. The van der Waals surface area contributed by atoms with Crippen molar-refractivity contribution in [2.24, 2.45) is 0 Å². The molecule has 0 aliphatic rings. The van der Waals surface area contributed by atoms with Crippen molar-refractivity contribution in [2.75, 3.05) is 6.54 Å². The van der Waals surface area contributed by atoms with E-state index >= 15 is 0 Å². The lowest BCUT2D eigenvalue weighted by Crippen LogP contribution is -2.14. The average Bonchev–Trinajstić information content (AvgIpc) is 2.30. The monoisotopic (exact) mass is 239 g/mol. The van der Waals surface area contributed by atoms with Gasteiger partial charge in [0.25, 0.3) is 0 Å². The second-order valence-corrected chi connectivity index (χ2v) is 3.75. The lowest BCUT2D eigenvalue weighted by Gasteiger charge is -2.06. The summed E-state index contributed by atoms with van der Waals surface area (Å²) in [7, 11) is 0. The molecule has 0 unspecified atom stereocenters. The molecule has 1 aromatic carbocycles. The van der Waals surface area contributed by atoms with Crippen LogP contribution in [0.5, 0.6) is 5.75 Å². The highest BCUT2D eigenvalue weighted by Crippen LogP contribution is 2.21. The van der Waals surface area contributed by atoms with Crippen LogP contribution in [0.2, 0.25) is 0 Å². The van der Waals surface area contributed by atoms with Gasteiger partial charge in [0.1, 0.15) is 0 Å². The van der Waals surface area contributed by atoms with Crippen molar-refractivity contribution < 1.29 is 13.9 Å². The molecule has 0 amide bonds. The maximum Gasteiger partial charge on any atom is 0.187 e. The Morgan fingerprint density at radius 2 is 1.88 bits per heavy atom. The van der Waals surface area contributed by atoms with Gasteiger partial charge in [-0.15, -0.1) is 12.3 Å². The Balaban J connectivity index is 2.35. The Hall–Kier alpha value is -1.60. The van der Waals surface area contributed by atoms with Crippen LogP contribution < -0.4 is 5.32 Å². The van der Waals surface area contributed by atoms with E-state index in [4.69, 9.17) is 11.5 Å². The normalized spacial score (nSPS) is 10.2. The number of benzene rings is 1. The molecule has 2 N–H and O–H groups in total. The lowest BCUT2D eigenvalue weighted by molar-refractivity contribution is 0.395. The molecule has 0 spiro atoms. The number of nitrogens with one attached hydrogen (secondary N) is 1. The predicted octanol–water partition coefficient (Wildman–Crippen LogP) is 2.56. The highest BCUT2D eigenvalue weighted by atomic mass is 19.1. The number of aromatic hydroxyl groups is 1. The number of rotatable bonds is 6. The minimum absolute atomic E-state index is 0.365. The molecule has 0 saturated carbocycles. The van der Waals surface area contributed by atoms with Crippen molar-refractivity contribution in [1.82, 2.24) is 5.32 Å². The van der Waals surface area contributed by atoms with Crippen LogP contribution in [0.1, 0.15) is 24.8 Å². The number of unbranched alkanes of at least 4 members (excludes halogenated alkanes) is 2. The molecule has 0 radical (unpaired) electrons. The number of halogens is 2. The molecular formula is C13H15F2NO. The minimum atomic E-state index is -0.936. The van der Waals surface area contributed by atoms with Gasteiger partial charge in [-0.05, 0) is 37.1 Å². The first-order valence-electron chi connectivity index (χ1n) is 5.46. The summed E-state index contributed by atoms with van der Waals surface area (Å²) in [5.41, 5.74) is 0.467. The van der Waals surface area contributed by atoms with Gasteiger partial charge in [-0.3, -0.25) is 0 Å². The third-order valence-electron chi connectivity index (χ3n) is 2.33. The molecule has 1 rings (SSSR count). The van der Waals surface area contributed by atoms with Crippen LogP contribution in [0.25, 0.3) is 0 Å².